The molecule has 0 aliphatic heterocycles. The van der Waals surface area contributed by atoms with Crippen molar-refractivity contribution in [2.24, 2.45) is 0 Å². The van der Waals surface area contributed by atoms with Gasteiger partial charge in [0.2, 0.25) is 0 Å². The molecule has 0 aliphatic rings. The van der Waals surface area contributed by atoms with E-state index in [4.69, 9.17) is 39.5 Å². The predicted molar refractivity (Wildman–Crippen MR) is 73.5 cm³/mol. The number of H-pyrrole nitrogens is 2. The number of hydrogen-bond donors (Lipinski definition) is 2. The van der Waals surface area contributed by atoms with Crippen molar-refractivity contribution in [3.05, 3.63) is 59.8 Å². The first-order chi connectivity index (χ1) is 8.97. The topological polar surface area (TPSA) is 75.0 Å². The third-order valence-electron chi connectivity index (χ3n) is 2.22. The summed E-state index contributed by atoms with van der Waals surface area (Å²) in [4.78, 5) is 26.8. The van der Waals surface area contributed by atoms with Crippen molar-refractivity contribution in [2.45, 2.75) is 6.61 Å². The highest BCUT2D eigenvalue weighted by Crippen LogP contribution is 2.28. The van der Waals surface area contributed by atoms with Crippen LogP contribution in [0.4, 0.5) is 0 Å². The second-order valence-corrected chi connectivity index (χ2v) is 4.79. The minimum Gasteiger partial charge on any atom is -0.486 e. The Kier molecular flexibility index (Phi) is 4.19. The normalized spacial score (nSPS) is 10.5. The van der Waals surface area contributed by atoms with E-state index in [1.807, 2.05) is 4.98 Å². The van der Waals surface area contributed by atoms with Gasteiger partial charge in [-0.1, -0.05) is 34.8 Å². The maximum Gasteiger partial charge on any atom is 0.326 e. The average molecular weight is 322 g/mol. The van der Waals surface area contributed by atoms with Gasteiger partial charge in [-0.05, 0) is 18.2 Å². The Labute approximate surface area is 122 Å². The summed E-state index contributed by atoms with van der Waals surface area (Å²) < 4.78 is 5.37. The molecule has 1 heterocycles. The van der Waals surface area contributed by atoms with E-state index in [0.29, 0.717) is 15.8 Å². The van der Waals surface area contributed by atoms with Crippen LogP contribution in [0.1, 0.15) is 5.69 Å². The fraction of sp³-hybridized carbons (Fsp3) is 0.0909. The summed E-state index contributed by atoms with van der Waals surface area (Å²) in [7, 11) is 0. The van der Waals surface area contributed by atoms with Gasteiger partial charge in [0.05, 0.1) is 10.7 Å². The number of nitrogens with one attached hydrogen (secondary N) is 2. The molecule has 5 nitrogen and oxygen atoms in total. The predicted octanol–water partition coefficient (Wildman–Crippen LogP) is 2.60. The Morgan fingerprint density at radius 2 is 1.84 bits per heavy atom. The van der Waals surface area contributed by atoms with E-state index in [9.17, 15) is 9.59 Å². The molecule has 2 rings (SSSR count). The molecule has 0 unspecified atom stereocenters. The van der Waals surface area contributed by atoms with Crippen LogP contribution in [0, 0.1) is 0 Å². The van der Waals surface area contributed by atoms with Crippen LogP contribution in [-0.2, 0) is 6.61 Å². The first-order valence-corrected chi connectivity index (χ1v) is 6.19. The van der Waals surface area contributed by atoms with E-state index >= 15 is 0 Å². The standard InChI is InChI=1S/C11H7Cl3N2O3/c12-5-1-2-8(6(13)3-5)19-4-7-9(14)10(17)16-11(18)15-7/h1-3H,4H2,(H2,15,16,17,18). The van der Waals surface area contributed by atoms with E-state index in [1.54, 1.807) is 12.1 Å². The number of rotatable bonds is 3. The number of hydrogen-bond acceptors (Lipinski definition) is 3. The fourth-order valence-corrected chi connectivity index (χ4v) is 1.97. The van der Waals surface area contributed by atoms with Crippen LogP contribution in [0.25, 0.3) is 0 Å². The molecule has 0 aliphatic carbocycles. The zero-order valence-corrected chi connectivity index (χ0v) is 11.6. The molecule has 0 fully saturated rings. The summed E-state index contributed by atoms with van der Waals surface area (Å²) in [6, 6.07) is 4.69. The third-order valence-corrected chi connectivity index (χ3v) is 3.15. The molecule has 0 saturated carbocycles. The van der Waals surface area contributed by atoms with Gasteiger partial charge < -0.3 is 9.72 Å². The molecule has 19 heavy (non-hydrogen) atoms. The fourth-order valence-electron chi connectivity index (χ4n) is 1.36. The van der Waals surface area contributed by atoms with Gasteiger partial charge in [0.25, 0.3) is 5.56 Å². The molecule has 1 aromatic carbocycles. The molecule has 1 aromatic heterocycles. The lowest BCUT2D eigenvalue weighted by atomic mass is 10.3. The van der Waals surface area contributed by atoms with Gasteiger partial charge in [0.1, 0.15) is 17.4 Å². The first-order valence-electron chi connectivity index (χ1n) is 5.06. The number of ether oxygens (including phenoxy) is 1. The lowest BCUT2D eigenvalue weighted by Crippen LogP contribution is -2.25. The molecule has 0 bridgehead atoms. The minimum absolute atomic E-state index is 0.0979. The van der Waals surface area contributed by atoms with E-state index in [2.05, 4.69) is 4.98 Å². The highest BCUT2D eigenvalue weighted by atomic mass is 35.5. The number of halogens is 3. The summed E-state index contributed by atoms with van der Waals surface area (Å²) >= 11 is 17.4. The van der Waals surface area contributed by atoms with Gasteiger partial charge in [-0.25, -0.2) is 4.79 Å². The Hall–Kier alpha value is -1.43. The first kappa shape index (κ1) is 14.0. The molecule has 0 amide bonds. The quantitative estimate of drug-likeness (QED) is 0.912. The molecule has 8 heteroatoms. The SMILES string of the molecule is O=c1[nH]c(COc2ccc(Cl)cc2Cl)c(Cl)c(=O)[nH]1. The van der Waals surface area contributed by atoms with Crippen molar-refractivity contribution in [2.75, 3.05) is 0 Å². The lowest BCUT2D eigenvalue weighted by Gasteiger charge is -2.08. The highest BCUT2D eigenvalue weighted by Gasteiger charge is 2.09. The van der Waals surface area contributed by atoms with Crippen molar-refractivity contribution in [1.82, 2.24) is 9.97 Å². The summed E-state index contributed by atoms with van der Waals surface area (Å²) in [5, 5.41) is 0.653. The zero-order valence-electron chi connectivity index (χ0n) is 9.30. The van der Waals surface area contributed by atoms with Crippen LogP contribution in [0.5, 0.6) is 5.75 Å². The van der Waals surface area contributed by atoms with Gasteiger partial charge in [0, 0.05) is 5.02 Å². The van der Waals surface area contributed by atoms with Gasteiger partial charge in [-0.2, -0.15) is 0 Å². The second-order valence-electron chi connectivity index (χ2n) is 3.56. The molecule has 0 saturated heterocycles. The molecular weight excluding hydrogens is 314 g/mol. The smallest absolute Gasteiger partial charge is 0.326 e. The van der Waals surface area contributed by atoms with Gasteiger partial charge in [-0.15, -0.1) is 0 Å². The number of benzene rings is 1. The van der Waals surface area contributed by atoms with E-state index in [0.717, 1.165) is 0 Å². The van der Waals surface area contributed by atoms with Crippen molar-refractivity contribution >= 4 is 34.8 Å². The summed E-state index contributed by atoms with van der Waals surface area (Å²) in [6.07, 6.45) is 0. The maximum atomic E-state index is 11.3. The summed E-state index contributed by atoms with van der Waals surface area (Å²) in [5.41, 5.74) is -1.16. The summed E-state index contributed by atoms with van der Waals surface area (Å²) in [6.45, 7) is -0.0979. The molecular formula is C11H7Cl3N2O3. The van der Waals surface area contributed by atoms with Crippen LogP contribution in [0.2, 0.25) is 15.1 Å². The van der Waals surface area contributed by atoms with Crippen LogP contribution >= 0.6 is 34.8 Å². The maximum absolute atomic E-state index is 11.3. The number of aromatic amines is 2. The Balaban J connectivity index is 2.24. The Morgan fingerprint density at radius 3 is 2.53 bits per heavy atom. The largest absolute Gasteiger partial charge is 0.486 e. The molecule has 2 aromatic rings. The average Bonchev–Trinajstić information content (AvgIpc) is 2.33. The van der Waals surface area contributed by atoms with Crippen LogP contribution in [-0.4, -0.2) is 9.97 Å². The van der Waals surface area contributed by atoms with Crippen LogP contribution in [0.3, 0.4) is 0 Å². The summed E-state index contributed by atoms with van der Waals surface area (Å²) in [5.74, 6) is 0.364. The highest BCUT2D eigenvalue weighted by molar-refractivity contribution is 6.35. The van der Waals surface area contributed by atoms with Gasteiger partial charge in [0.15, 0.2) is 0 Å². The van der Waals surface area contributed by atoms with E-state index in [1.165, 1.54) is 6.07 Å². The van der Waals surface area contributed by atoms with Gasteiger partial charge >= 0.3 is 5.69 Å². The van der Waals surface area contributed by atoms with Crippen LogP contribution in [0.15, 0.2) is 27.8 Å². The molecule has 0 spiro atoms. The van der Waals surface area contributed by atoms with Crippen molar-refractivity contribution in [3.63, 3.8) is 0 Å². The van der Waals surface area contributed by atoms with Crippen molar-refractivity contribution < 1.29 is 4.74 Å². The zero-order chi connectivity index (χ0) is 14.0. The van der Waals surface area contributed by atoms with Crippen molar-refractivity contribution in [1.29, 1.82) is 0 Å². The van der Waals surface area contributed by atoms with Crippen molar-refractivity contribution in [3.8, 4) is 5.75 Å². The second kappa shape index (κ2) is 5.69. The monoisotopic (exact) mass is 320 g/mol. The van der Waals surface area contributed by atoms with E-state index in [-0.39, 0.29) is 17.3 Å². The Bertz CT molecular complexity index is 724. The molecule has 100 valence electrons. The molecule has 0 atom stereocenters. The lowest BCUT2D eigenvalue weighted by molar-refractivity contribution is 0.301. The van der Waals surface area contributed by atoms with Gasteiger partial charge in [-0.3, -0.25) is 9.78 Å². The van der Waals surface area contributed by atoms with Crippen LogP contribution < -0.4 is 16.0 Å². The minimum atomic E-state index is -0.675. The molecule has 2 N–H and O–H groups in total. The molecule has 0 radical (unpaired) electrons. The van der Waals surface area contributed by atoms with E-state index < -0.39 is 11.2 Å². The Morgan fingerprint density at radius 1 is 1.11 bits per heavy atom. The number of aromatic nitrogens is 2. The third kappa shape index (κ3) is 3.32.